The van der Waals surface area contributed by atoms with Crippen LogP contribution in [0.15, 0.2) is 12.1 Å². The highest BCUT2D eigenvalue weighted by Gasteiger charge is 2.10. The standard InChI is InChI=1S/C13H20ClNO2/c1-10-12(16-2)6-5-11(13(10)17-3)9-15-8-4-7-14/h5-6,15H,4,7-9H2,1-3H3. The lowest BCUT2D eigenvalue weighted by atomic mass is 10.1. The van der Waals surface area contributed by atoms with Gasteiger partial charge in [-0.2, -0.15) is 0 Å². The van der Waals surface area contributed by atoms with E-state index in [1.54, 1.807) is 14.2 Å². The molecule has 0 atom stereocenters. The largest absolute Gasteiger partial charge is 0.496 e. The van der Waals surface area contributed by atoms with E-state index >= 15 is 0 Å². The Bertz CT molecular complexity index is 356. The third-order valence-electron chi connectivity index (χ3n) is 2.66. The number of hydrogen-bond acceptors (Lipinski definition) is 3. The lowest BCUT2D eigenvalue weighted by molar-refractivity contribution is 0.384. The zero-order valence-corrected chi connectivity index (χ0v) is 11.4. The quantitative estimate of drug-likeness (QED) is 0.602. The minimum Gasteiger partial charge on any atom is -0.496 e. The third-order valence-corrected chi connectivity index (χ3v) is 2.93. The van der Waals surface area contributed by atoms with E-state index in [-0.39, 0.29) is 0 Å². The van der Waals surface area contributed by atoms with Crippen molar-refractivity contribution in [3.63, 3.8) is 0 Å². The van der Waals surface area contributed by atoms with Crippen LogP contribution in [0.25, 0.3) is 0 Å². The van der Waals surface area contributed by atoms with Crippen molar-refractivity contribution in [2.45, 2.75) is 19.9 Å². The molecule has 0 heterocycles. The van der Waals surface area contributed by atoms with Crippen LogP contribution in [0.1, 0.15) is 17.5 Å². The predicted octanol–water partition coefficient (Wildman–Crippen LogP) is 2.73. The summed E-state index contributed by atoms with van der Waals surface area (Å²) >= 11 is 5.63. The summed E-state index contributed by atoms with van der Waals surface area (Å²) in [4.78, 5) is 0. The van der Waals surface area contributed by atoms with Crippen LogP contribution in [0.2, 0.25) is 0 Å². The topological polar surface area (TPSA) is 30.5 Å². The molecule has 0 fully saturated rings. The molecule has 1 rings (SSSR count). The van der Waals surface area contributed by atoms with Crippen LogP contribution in [0.5, 0.6) is 11.5 Å². The fourth-order valence-electron chi connectivity index (χ4n) is 1.79. The van der Waals surface area contributed by atoms with Gasteiger partial charge in [0, 0.05) is 23.6 Å². The van der Waals surface area contributed by atoms with E-state index in [0.717, 1.165) is 42.1 Å². The van der Waals surface area contributed by atoms with Gasteiger partial charge in [-0.25, -0.2) is 0 Å². The van der Waals surface area contributed by atoms with Gasteiger partial charge in [0.05, 0.1) is 14.2 Å². The van der Waals surface area contributed by atoms with Crippen molar-refractivity contribution >= 4 is 11.6 Å². The smallest absolute Gasteiger partial charge is 0.129 e. The second-order valence-electron chi connectivity index (χ2n) is 3.80. The van der Waals surface area contributed by atoms with E-state index < -0.39 is 0 Å². The number of hydrogen-bond donors (Lipinski definition) is 1. The van der Waals surface area contributed by atoms with Gasteiger partial charge in [0.15, 0.2) is 0 Å². The van der Waals surface area contributed by atoms with E-state index in [1.807, 2.05) is 19.1 Å². The molecule has 0 aliphatic rings. The molecule has 0 aromatic heterocycles. The van der Waals surface area contributed by atoms with E-state index in [4.69, 9.17) is 21.1 Å². The first-order valence-electron chi connectivity index (χ1n) is 5.71. The predicted molar refractivity (Wildman–Crippen MR) is 71.3 cm³/mol. The van der Waals surface area contributed by atoms with Crippen LogP contribution in [0, 0.1) is 6.92 Å². The highest BCUT2D eigenvalue weighted by atomic mass is 35.5. The Hall–Kier alpha value is -0.930. The third kappa shape index (κ3) is 3.79. The molecule has 3 nitrogen and oxygen atoms in total. The Labute approximate surface area is 108 Å². The molecule has 0 aliphatic carbocycles. The molecule has 0 saturated carbocycles. The van der Waals surface area contributed by atoms with Crippen LogP contribution in [0.3, 0.4) is 0 Å². The molecular weight excluding hydrogens is 238 g/mol. The fraction of sp³-hybridized carbons (Fsp3) is 0.538. The lowest BCUT2D eigenvalue weighted by Crippen LogP contribution is -2.16. The molecule has 1 aromatic rings. The first kappa shape index (κ1) is 14.1. The molecule has 0 saturated heterocycles. The summed E-state index contributed by atoms with van der Waals surface area (Å²) in [7, 11) is 3.35. The summed E-state index contributed by atoms with van der Waals surface area (Å²) < 4.78 is 10.7. The SMILES string of the molecule is COc1ccc(CNCCCCl)c(OC)c1C. The first-order chi connectivity index (χ1) is 8.24. The molecule has 0 unspecified atom stereocenters. The Morgan fingerprint density at radius 3 is 2.59 bits per heavy atom. The van der Waals surface area contributed by atoms with Crippen molar-refractivity contribution in [2.75, 3.05) is 26.6 Å². The van der Waals surface area contributed by atoms with E-state index in [1.165, 1.54) is 0 Å². The molecule has 1 aromatic carbocycles. The van der Waals surface area contributed by atoms with Gasteiger partial charge in [0.2, 0.25) is 0 Å². The molecule has 0 radical (unpaired) electrons. The molecule has 0 spiro atoms. The van der Waals surface area contributed by atoms with Gasteiger partial charge in [-0.3, -0.25) is 0 Å². The van der Waals surface area contributed by atoms with Crippen LogP contribution < -0.4 is 14.8 Å². The number of ether oxygens (including phenoxy) is 2. The summed E-state index contributed by atoms with van der Waals surface area (Å²) in [6.45, 7) is 3.70. The fourth-order valence-corrected chi connectivity index (χ4v) is 1.92. The Balaban J connectivity index is 2.74. The summed E-state index contributed by atoms with van der Waals surface area (Å²) in [5.74, 6) is 2.43. The van der Waals surface area contributed by atoms with Gasteiger partial charge in [-0.05, 0) is 26.0 Å². The maximum Gasteiger partial charge on any atom is 0.129 e. The zero-order chi connectivity index (χ0) is 12.7. The van der Waals surface area contributed by atoms with Crippen molar-refractivity contribution in [3.8, 4) is 11.5 Å². The molecule has 0 aliphatic heterocycles. The zero-order valence-electron chi connectivity index (χ0n) is 10.7. The second-order valence-corrected chi connectivity index (χ2v) is 4.18. The Morgan fingerprint density at radius 1 is 1.24 bits per heavy atom. The van der Waals surface area contributed by atoms with Gasteiger partial charge in [-0.15, -0.1) is 11.6 Å². The van der Waals surface area contributed by atoms with Gasteiger partial charge < -0.3 is 14.8 Å². The highest BCUT2D eigenvalue weighted by Crippen LogP contribution is 2.31. The van der Waals surface area contributed by atoms with Crippen molar-refractivity contribution < 1.29 is 9.47 Å². The molecule has 0 amide bonds. The average Bonchev–Trinajstić information content (AvgIpc) is 2.35. The van der Waals surface area contributed by atoms with E-state index in [2.05, 4.69) is 5.32 Å². The van der Waals surface area contributed by atoms with Crippen LogP contribution in [0.4, 0.5) is 0 Å². The number of nitrogens with one attached hydrogen (secondary N) is 1. The molecular formula is C13H20ClNO2. The molecule has 4 heteroatoms. The number of alkyl halides is 1. The van der Waals surface area contributed by atoms with Crippen LogP contribution >= 0.6 is 11.6 Å². The average molecular weight is 258 g/mol. The van der Waals surface area contributed by atoms with Gasteiger partial charge in [-0.1, -0.05) is 6.07 Å². The van der Waals surface area contributed by atoms with Crippen molar-refractivity contribution in [1.82, 2.24) is 5.32 Å². The normalized spacial score (nSPS) is 10.4. The first-order valence-corrected chi connectivity index (χ1v) is 6.25. The number of benzene rings is 1. The minimum atomic E-state index is 0.686. The molecule has 17 heavy (non-hydrogen) atoms. The van der Waals surface area contributed by atoms with Crippen molar-refractivity contribution in [3.05, 3.63) is 23.3 Å². The van der Waals surface area contributed by atoms with Crippen molar-refractivity contribution in [1.29, 1.82) is 0 Å². The number of halogens is 1. The summed E-state index contributed by atoms with van der Waals surface area (Å²) in [6, 6.07) is 3.99. The second kappa shape index (κ2) is 7.41. The molecule has 1 N–H and O–H groups in total. The number of rotatable bonds is 7. The van der Waals surface area contributed by atoms with Crippen LogP contribution in [-0.4, -0.2) is 26.6 Å². The maximum absolute atomic E-state index is 5.63. The van der Waals surface area contributed by atoms with Gasteiger partial charge in [0.1, 0.15) is 11.5 Å². The van der Waals surface area contributed by atoms with Crippen molar-refractivity contribution in [2.24, 2.45) is 0 Å². The van der Waals surface area contributed by atoms with E-state index in [0.29, 0.717) is 5.88 Å². The van der Waals surface area contributed by atoms with Gasteiger partial charge >= 0.3 is 0 Å². The Kier molecular flexibility index (Phi) is 6.16. The minimum absolute atomic E-state index is 0.686. The highest BCUT2D eigenvalue weighted by molar-refractivity contribution is 6.17. The maximum atomic E-state index is 5.63. The lowest BCUT2D eigenvalue weighted by Gasteiger charge is -2.14. The van der Waals surface area contributed by atoms with Gasteiger partial charge in [0.25, 0.3) is 0 Å². The molecule has 96 valence electrons. The monoisotopic (exact) mass is 257 g/mol. The van der Waals surface area contributed by atoms with E-state index in [9.17, 15) is 0 Å². The summed E-state index contributed by atoms with van der Waals surface area (Å²) in [6.07, 6.45) is 0.971. The summed E-state index contributed by atoms with van der Waals surface area (Å²) in [5.41, 5.74) is 2.17. The van der Waals surface area contributed by atoms with Crippen LogP contribution in [-0.2, 0) is 6.54 Å². The number of methoxy groups -OCH3 is 2. The summed E-state index contributed by atoms with van der Waals surface area (Å²) in [5, 5.41) is 3.34. The molecule has 0 bridgehead atoms. The Morgan fingerprint density at radius 2 is 2.00 bits per heavy atom.